The normalized spacial score (nSPS) is 12.9. The Morgan fingerprint density at radius 3 is 2.68 bits per heavy atom. The van der Waals surface area contributed by atoms with Crippen molar-refractivity contribution in [3.05, 3.63) is 45.5 Å². The van der Waals surface area contributed by atoms with Crippen LogP contribution in [0.1, 0.15) is 37.2 Å². The molecule has 19 heavy (non-hydrogen) atoms. The predicted octanol–water partition coefficient (Wildman–Crippen LogP) is 3.62. The van der Waals surface area contributed by atoms with Crippen molar-refractivity contribution in [1.29, 1.82) is 0 Å². The van der Waals surface area contributed by atoms with E-state index in [9.17, 15) is 0 Å². The van der Waals surface area contributed by atoms with Gasteiger partial charge in [-0.1, -0.05) is 48.3 Å². The Morgan fingerprint density at radius 1 is 1.32 bits per heavy atom. The van der Waals surface area contributed by atoms with E-state index in [1.165, 1.54) is 0 Å². The van der Waals surface area contributed by atoms with Gasteiger partial charge in [0.05, 0.1) is 6.04 Å². The summed E-state index contributed by atoms with van der Waals surface area (Å²) in [6, 6.07) is 5.08. The van der Waals surface area contributed by atoms with Gasteiger partial charge in [-0.2, -0.15) is 4.98 Å². The largest absolute Gasteiger partial charge is 0.338 e. The first-order valence-corrected chi connectivity index (χ1v) is 6.75. The van der Waals surface area contributed by atoms with Crippen LogP contribution in [0.3, 0.4) is 0 Å². The van der Waals surface area contributed by atoms with E-state index in [1.807, 2.05) is 19.9 Å². The Labute approximate surface area is 121 Å². The molecule has 0 aliphatic carbocycles. The van der Waals surface area contributed by atoms with Gasteiger partial charge in [-0.25, -0.2) is 0 Å². The molecule has 2 rings (SSSR count). The van der Waals surface area contributed by atoms with Crippen LogP contribution in [0.15, 0.2) is 22.7 Å². The van der Waals surface area contributed by atoms with Crippen molar-refractivity contribution in [1.82, 2.24) is 10.1 Å². The average molecular weight is 300 g/mol. The zero-order valence-electron chi connectivity index (χ0n) is 10.7. The minimum Gasteiger partial charge on any atom is -0.338 e. The van der Waals surface area contributed by atoms with Crippen LogP contribution in [-0.4, -0.2) is 10.1 Å². The van der Waals surface area contributed by atoms with Crippen LogP contribution in [-0.2, 0) is 6.42 Å². The summed E-state index contributed by atoms with van der Waals surface area (Å²) in [5.74, 6) is 1.26. The van der Waals surface area contributed by atoms with E-state index in [4.69, 9.17) is 33.5 Å². The van der Waals surface area contributed by atoms with Crippen molar-refractivity contribution in [2.75, 3.05) is 0 Å². The number of nitrogens with zero attached hydrogens (tertiary/aromatic N) is 2. The van der Waals surface area contributed by atoms with E-state index < -0.39 is 0 Å². The molecule has 6 heteroatoms. The van der Waals surface area contributed by atoms with Crippen molar-refractivity contribution >= 4 is 23.2 Å². The summed E-state index contributed by atoms with van der Waals surface area (Å²) < 4.78 is 5.17. The van der Waals surface area contributed by atoms with Crippen LogP contribution in [0.5, 0.6) is 0 Å². The van der Waals surface area contributed by atoms with Crippen LogP contribution in [0.4, 0.5) is 0 Å². The first-order chi connectivity index (χ1) is 8.97. The minimum atomic E-state index is -0.248. The SMILES string of the molecule is CC(C)C(N)c1nc(Cc2ccc(Cl)cc2Cl)no1. The van der Waals surface area contributed by atoms with Gasteiger partial charge in [0.2, 0.25) is 5.89 Å². The second-order valence-corrected chi connectivity index (χ2v) is 5.57. The maximum Gasteiger partial charge on any atom is 0.243 e. The molecule has 0 saturated carbocycles. The van der Waals surface area contributed by atoms with Gasteiger partial charge in [0, 0.05) is 16.5 Å². The molecule has 0 spiro atoms. The van der Waals surface area contributed by atoms with Crippen LogP contribution in [0.2, 0.25) is 10.0 Å². The molecule has 2 N–H and O–H groups in total. The number of benzene rings is 1. The van der Waals surface area contributed by atoms with Gasteiger partial charge in [-0.05, 0) is 23.6 Å². The maximum absolute atomic E-state index is 6.10. The molecule has 4 nitrogen and oxygen atoms in total. The number of nitrogens with two attached hydrogens (primary N) is 1. The van der Waals surface area contributed by atoms with Gasteiger partial charge in [-0.15, -0.1) is 0 Å². The minimum absolute atomic E-state index is 0.243. The van der Waals surface area contributed by atoms with Gasteiger partial charge in [0.15, 0.2) is 5.82 Å². The maximum atomic E-state index is 6.10. The molecular weight excluding hydrogens is 285 g/mol. The summed E-state index contributed by atoms with van der Waals surface area (Å²) in [5.41, 5.74) is 6.85. The first kappa shape index (κ1) is 14.3. The summed E-state index contributed by atoms with van der Waals surface area (Å²) in [4.78, 5) is 4.30. The van der Waals surface area contributed by atoms with E-state index in [0.717, 1.165) is 5.56 Å². The lowest BCUT2D eigenvalue weighted by Crippen LogP contribution is -2.17. The van der Waals surface area contributed by atoms with Gasteiger partial charge in [0.1, 0.15) is 0 Å². The lowest BCUT2D eigenvalue weighted by atomic mass is 10.1. The molecule has 0 amide bonds. The average Bonchev–Trinajstić information content (AvgIpc) is 2.80. The number of hydrogen-bond donors (Lipinski definition) is 1. The van der Waals surface area contributed by atoms with E-state index in [-0.39, 0.29) is 12.0 Å². The zero-order valence-corrected chi connectivity index (χ0v) is 12.2. The van der Waals surface area contributed by atoms with Gasteiger partial charge in [-0.3, -0.25) is 0 Å². The topological polar surface area (TPSA) is 64.9 Å². The summed E-state index contributed by atoms with van der Waals surface area (Å²) in [6.07, 6.45) is 0.490. The first-order valence-electron chi connectivity index (χ1n) is 5.99. The lowest BCUT2D eigenvalue weighted by Gasteiger charge is -2.09. The Kier molecular flexibility index (Phi) is 4.45. The fourth-order valence-electron chi connectivity index (χ4n) is 1.60. The second-order valence-electron chi connectivity index (χ2n) is 4.73. The third-order valence-corrected chi connectivity index (χ3v) is 3.44. The quantitative estimate of drug-likeness (QED) is 0.936. The van der Waals surface area contributed by atoms with E-state index >= 15 is 0 Å². The zero-order chi connectivity index (χ0) is 14.0. The van der Waals surface area contributed by atoms with Crippen molar-refractivity contribution in [3.63, 3.8) is 0 Å². The van der Waals surface area contributed by atoms with Gasteiger partial charge in [0.25, 0.3) is 0 Å². The van der Waals surface area contributed by atoms with Crippen LogP contribution in [0, 0.1) is 5.92 Å². The molecule has 2 aromatic rings. The monoisotopic (exact) mass is 299 g/mol. The highest BCUT2D eigenvalue weighted by Gasteiger charge is 2.18. The van der Waals surface area contributed by atoms with Crippen molar-refractivity contribution in [2.24, 2.45) is 11.7 Å². The molecule has 0 aliphatic heterocycles. The number of aromatic nitrogens is 2. The molecule has 0 saturated heterocycles. The van der Waals surface area contributed by atoms with E-state index in [0.29, 0.717) is 28.2 Å². The Bertz CT molecular complexity index is 569. The highest BCUT2D eigenvalue weighted by atomic mass is 35.5. The van der Waals surface area contributed by atoms with Crippen molar-refractivity contribution in [3.8, 4) is 0 Å². The number of rotatable bonds is 4. The molecule has 1 heterocycles. The fraction of sp³-hybridized carbons (Fsp3) is 0.385. The van der Waals surface area contributed by atoms with Crippen LogP contribution < -0.4 is 5.73 Å². The van der Waals surface area contributed by atoms with Crippen LogP contribution in [0.25, 0.3) is 0 Å². The number of halogens is 2. The summed E-state index contributed by atoms with van der Waals surface area (Å²) in [5, 5.41) is 5.11. The molecule has 1 unspecified atom stereocenters. The molecule has 0 fully saturated rings. The number of hydrogen-bond acceptors (Lipinski definition) is 4. The Hall–Kier alpha value is -1.10. The van der Waals surface area contributed by atoms with E-state index in [1.54, 1.807) is 12.1 Å². The van der Waals surface area contributed by atoms with Crippen LogP contribution >= 0.6 is 23.2 Å². The smallest absolute Gasteiger partial charge is 0.243 e. The fourth-order valence-corrected chi connectivity index (χ4v) is 2.07. The molecule has 1 atom stereocenters. The van der Waals surface area contributed by atoms with Crippen molar-refractivity contribution < 1.29 is 4.52 Å². The highest BCUT2D eigenvalue weighted by Crippen LogP contribution is 2.23. The highest BCUT2D eigenvalue weighted by molar-refractivity contribution is 6.35. The summed E-state index contributed by atoms with van der Waals surface area (Å²) in [7, 11) is 0. The second kappa shape index (κ2) is 5.90. The van der Waals surface area contributed by atoms with Gasteiger partial charge >= 0.3 is 0 Å². The molecule has 0 aliphatic rings. The molecule has 1 aromatic carbocycles. The molecule has 0 bridgehead atoms. The molecule has 1 aromatic heterocycles. The standard InChI is InChI=1S/C13H15Cl2N3O/c1-7(2)12(16)13-17-11(18-19-13)5-8-3-4-9(14)6-10(8)15/h3-4,6-7,12H,5,16H2,1-2H3. The third kappa shape index (κ3) is 3.47. The van der Waals surface area contributed by atoms with E-state index in [2.05, 4.69) is 10.1 Å². The van der Waals surface area contributed by atoms with Gasteiger partial charge < -0.3 is 10.3 Å². The third-order valence-electron chi connectivity index (χ3n) is 2.85. The lowest BCUT2D eigenvalue weighted by molar-refractivity contribution is 0.322. The van der Waals surface area contributed by atoms with Crippen molar-refractivity contribution in [2.45, 2.75) is 26.3 Å². The molecule has 0 radical (unpaired) electrons. The Morgan fingerprint density at radius 2 is 2.05 bits per heavy atom. The molecule has 102 valence electrons. The summed E-state index contributed by atoms with van der Waals surface area (Å²) >= 11 is 12.0. The molecular formula is C13H15Cl2N3O. The predicted molar refractivity (Wildman–Crippen MR) is 75.3 cm³/mol. The Balaban J connectivity index is 2.16. The summed E-state index contributed by atoms with van der Waals surface area (Å²) in [6.45, 7) is 4.01.